The van der Waals surface area contributed by atoms with E-state index in [0.717, 1.165) is 12.1 Å². The summed E-state index contributed by atoms with van der Waals surface area (Å²) in [6, 6.07) is 1.90. The van der Waals surface area contributed by atoms with Crippen LogP contribution in [-0.4, -0.2) is 5.24 Å². The van der Waals surface area contributed by atoms with Crippen molar-refractivity contribution >= 4 is 16.8 Å². The van der Waals surface area contributed by atoms with E-state index in [-0.39, 0.29) is 18.4 Å². The lowest BCUT2D eigenvalue weighted by Gasteiger charge is -2.02. The fourth-order valence-corrected chi connectivity index (χ4v) is 1.09. The molecular formula is C9H6ClF3O. The van der Waals surface area contributed by atoms with Crippen molar-refractivity contribution in [1.82, 2.24) is 0 Å². The van der Waals surface area contributed by atoms with Crippen molar-refractivity contribution in [2.24, 2.45) is 0 Å². The van der Waals surface area contributed by atoms with Crippen molar-refractivity contribution in [3.8, 4) is 0 Å². The molecule has 0 radical (unpaired) electrons. The summed E-state index contributed by atoms with van der Waals surface area (Å²) in [7, 11) is 0. The van der Waals surface area contributed by atoms with Crippen LogP contribution < -0.4 is 0 Å². The molecule has 1 aromatic rings. The molecule has 1 rings (SSSR count). The second kappa shape index (κ2) is 4.46. The zero-order chi connectivity index (χ0) is 10.7. The molecule has 1 nitrogen and oxygen atoms in total. The summed E-state index contributed by atoms with van der Waals surface area (Å²) in [4.78, 5) is 10.4. The van der Waals surface area contributed by atoms with Crippen LogP contribution in [0, 0.1) is 17.5 Å². The van der Waals surface area contributed by atoms with Gasteiger partial charge in [0.2, 0.25) is 5.24 Å². The first-order chi connectivity index (χ1) is 6.52. The van der Waals surface area contributed by atoms with E-state index in [1.54, 1.807) is 0 Å². The lowest BCUT2D eigenvalue weighted by molar-refractivity contribution is -0.111. The third-order valence-electron chi connectivity index (χ3n) is 1.71. The average Bonchev–Trinajstić information content (AvgIpc) is 2.13. The van der Waals surface area contributed by atoms with Crippen LogP contribution in [0.15, 0.2) is 12.1 Å². The molecule has 0 amide bonds. The van der Waals surface area contributed by atoms with Gasteiger partial charge < -0.3 is 0 Å². The Morgan fingerprint density at radius 3 is 2.43 bits per heavy atom. The molecule has 76 valence electrons. The van der Waals surface area contributed by atoms with Crippen molar-refractivity contribution in [2.75, 3.05) is 0 Å². The maximum absolute atomic E-state index is 12.9. The molecule has 0 aliphatic heterocycles. The SMILES string of the molecule is O=C(Cl)CCc1ccc(F)c(F)c1F. The van der Waals surface area contributed by atoms with Gasteiger partial charge in [-0.1, -0.05) is 6.07 Å². The Morgan fingerprint density at radius 2 is 1.86 bits per heavy atom. The highest BCUT2D eigenvalue weighted by molar-refractivity contribution is 6.63. The zero-order valence-electron chi connectivity index (χ0n) is 6.99. The van der Waals surface area contributed by atoms with Crippen molar-refractivity contribution in [2.45, 2.75) is 12.8 Å². The molecule has 0 aromatic heterocycles. The van der Waals surface area contributed by atoms with Crippen molar-refractivity contribution in [3.05, 3.63) is 35.1 Å². The van der Waals surface area contributed by atoms with Crippen LogP contribution in [0.3, 0.4) is 0 Å². The number of hydrogen-bond acceptors (Lipinski definition) is 1. The van der Waals surface area contributed by atoms with Gasteiger partial charge in [0.1, 0.15) is 0 Å². The van der Waals surface area contributed by atoms with E-state index in [0.29, 0.717) is 0 Å². The minimum absolute atomic E-state index is 0.0363. The van der Waals surface area contributed by atoms with Gasteiger partial charge in [-0.3, -0.25) is 4.79 Å². The third kappa shape index (κ3) is 2.48. The van der Waals surface area contributed by atoms with E-state index in [4.69, 9.17) is 11.6 Å². The summed E-state index contributed by atoms with van der Waals surface area (Å²) in [5, 5.41) is -0.644. The smallest absolute Gasteiger partial charge is 0.221 e. The van der Waals surface area contributed by atoms with Crippen LogP contribution in [0.4, 0.5) is 13.2 Å². The Labute approximate surface area is 83.5 Å². The summed E-state index contributed by atoms with van der Waals surface area (Å²) in [5.74, 6) is -4.03. The maximum atomic E-state index is 12.9. The summed E-state index contributed by atoms with van der Waals surface area (Å²) < 4.78 is 38.0. The number of aryl methyl sites for hydroxylation is 1. The fraction of sp³-hybridized carbons (Fsp3) is 0.222. The normalized spacial score (nSPS) is 10.3. The number of hydrogen-bond donors (Lipinski definition) is 0. The van der Waals surface area contributed by atoms with Crippen LogP contribution in [-0.2, 0) is 11.2 Å². The third-order valence-corrected chi connectivity index (χ3v) is 1.90. The number of carbonyl (C=O) groups excluding carboxylic acids is 1. The molecule has 1 aromatic carbocycles. The molecule has 0 fully saturated rings. The summed E-state index contributed by atoms with van der Waals surface area (Å²) >= 11 is 5.02. The van der Waals surface area contributed by atoms with Gasteiger partial charge in [-0.2, -0.15) is 0 Å². The largest absolute Gasteiger partial charge is 0.281 e. The summed E-state index contributed by atoms with van der Waals surface area (Å²) in [5.41, 5.74) is -0.0575. The zero-order valence-corrected chi connectivity index (χ0v) is 7.74. The number of carbonyl (C=O) groups is 1. The molecule has 0 N–H and O–H groups in total. The van der Waals surface area contributed by atoms with Crippen LogP contribution >= 0.6 is 11.6 Å². The first-order valence-corrected chi connectivity index (χ1v) is 4.21. The lowest BCUT2D eigenvalue weighted by Crippen LogP contribution is -1.99. The van der Waals surface area contributed by atoms with E-state index in [9.17, 15) is 18.0 Å². The van der Waals surface area contributed by atoms with Gasteiger partial charge in [-0.15, -0.1) is 0 Å². The van der Waals surface area contributed by atoms with Gasteiger partial charge in [-0.05, 0) is 29.7 Å². The van der Waals surface area contributed by atoms with E-state index in [1.807, 2.05) is 0 Å². The van der Waals surface area contributed by atoms with Crippen molar-refractivity contribution in [1.29, 1.82) is 0 Å². The monoisotopic (exact) mass is 222 g/mol. The first-order valence-electron chi connectivity index (χ1n) is 3.83. The molecule has 0 saturated heterocycles. The van der Waals surface area contributed by atoms with E-state index >= 15 is 0 Å². The Morgan fingerprint density at radius 1 is 1.21 bits per heavy atom. The molecule has 5 heteroatoms. The Bertz CT molecular complexity index is 365. The topological polar surface area (TPSA) is 17.1 Å². The van der Waals surface area contributed by atoms with Gasteiger partial charge in [0.05, 0.1) is 0 Å². The van der Waals surface area contributed by atoms with Crippen LogP contribution in [0.2, 0.25) is 0 Å². The molecule has 0 heterocycles. The molecular weight excluding hydrogens is 217 g/mol. The minimum Gasteiger partial charge on any atom is -0.281 e. The maximum Gasteiger partial charge on any atom is 0.221 e. The first kappa shape index (κ1) is 11.0. The van der Waals surface area contributed by atoms with Crippen LogP contribution in [0.25, 0.3) is 0 Å². The highest BCUT2D eigenvalue weighted by Gasteiger charge is 2.13. The highest BCUT2D eigenvalue weighted by atomic mass is 35.5. The van der Waals surface area contributed by atoms with E-state index in [2.05, 4.69) is 0 Å². The lowest BCUT2D eigenvalue weighted by atomic mass is 10.1. The molecule has 0 aliphatic carbocycles. The summed E-state index contributed by atoms with van der Waals surface area (Å²) in [6.45, 7) is 0. The minimum atomic E-state index is -1.52. The predicted molar refractivity (Wildman–Crippen MR) is 45.5 cm³/mol. The fourth-order valence-electron chi connectivity index (χ4n) is 0.992. The van der Waals surface area contributed by atoms with Crippen molar-refractivity contribution < 1.29 is 18.0 Å². The second-order valence-electron chi connectivity index (χ2n) is 2.69. The molecule has 0 bridgehead atoms. The molecule has 0 atom stereocenters. The molecule has 0 saturated carbocycles. The van der Waals surface area contributed by atoms with Gasteiger partial charge in [0.15, 0.2) is 17.5 Å². The number of benzene rings is 1. The number of halogens is 4. The van der Waals surface area contributed by atoms with Crippen LogP contribution in [0.1, 0.15) is 12.0 Å². The molecule has 0 unspecified atom stereocenters. The Kier molecular flexibility index (Phi) is 3.52. The van der Waals surface area contributed by atoms with Gasteiger partial charge in [0, 0.05) is 6.42 Å². The van der Waals surface area contributed by atoms with Gasteiger partial charge in [0.25, 0.3) is 0 Å². The second-order valence-corrected chi connectivity index (χ2v) is 3.11. The predicted octanol–water partition coefficient (Wildman–Crippen LogP) is 2.80. The Hall–Kier alpha value is -1.03. The quantitative estimate of drug-likeness (QED) is 0.568. The molecule has 0 spiro atoms. The van der Waals surface area contributed by atoms with Crippen molar-refractivity contribution in [3.63, 3.8) is 0 Å². The van der Waals surface area contributed by atoms with Gasteiger partial charge >= 0.3 is 0 Å². The van der Waals surface area contributed by atoms with E-state index in [1.165, 1.54) is 0 Å². The van der Waals surface area contributed by atoms with Crippen LogP contribution in [0.5, 0.6) is 0 Å². The number of rotatable bonds is 3. The average molecular weight is 223 g/mol. The Balaban J connectivity index is 2.88. The van der Waals surface area contributed by atoms with E-state index < -0.39 is 22.7 Å². The highest BCUT2D eigenvalue weighted by Crippen LogP contribution is 2.16. The molecule has 14 heavy (non-hydrogen) atoms. The molecule has 0 aliphatic rings. The van der Waals surface area contributed by atoms with Gasteiger partial charge in [-0.25, -0.2) is 13.2 Å². The summed E-state index contributed by atoms with van der Waals surface area (Å²) in [6.07, 6.45) is -0.144. The standard InChI is InChI=1S/C9H6ClF3O/c10-7(14)4-2-5-1-3-6(11)9(13)8(5)12/h1,3H,2,4H2.